The van der Waals surface area contributed by atoms with E-state index in [1.54, 1.807) is 6.92 Å². The van der Waals surface area contributed by atoms with Crippen LogP contribution in [0.1, 0.15) is 57.2 Å². The first-order valence-corrected chi connectivity index (χ1v) is 13.9. The number of rotatable bonds is 7. The number of aromatic nitrogens is 5. The Hall–Kier alpha value is -3.75. The minimum absolute atomic E-state index is 0.00346. The molecule has 9 heteroatoms. The van der Waals surface area contributed by atoms with Crippen LogP contribution in [0, 0.1) is 11.8 Å². The number of nitrogens with one attached hydrogen (secondary N) is 1. The van der Waals surface area contributed by atoms with Crippen molar-refractivity contribution in [3.8, 4) is 0 Å². The van der Waals surface area contributed by atoms with Crippen LogP contribution in [-0.4, -0.2) is 61.7 Å². The summed E-state index contributed by atoms with van der Waals surface area (Å²) in [5.41, 5.74) is 3.98. The average Bonchev–Trinajstić information content (AvgIpc) is 3.88. The summed E-state index contributed by atoms with van der Waals surface area (Å²) in [5.74, 6) is 3.05. The number of carbonyl (C=O) groups excluding carboxylic acids is 1. The average molecular weight is 511 g/mol. The van der Waals surface area contributed by atoms with Crippen molar-refractivity contribution in [1.29, 1.82) is 0 Å². The lowest BCUT2D eigenvalue weighted by Crippen LogP contribution is -2.48. The fourth-order valence-corrected chi connectivity index (χ4v) is 5.91. The number of para-hydroxylation sites is 1. The molecule has 2 saturated carbocycles. The van der Waals surface area contributed by atoms with Crippen LogP contribution in [0.4, 0.5) is 11.8 Å². The first-order valence-electron chi connectivity index (χ1n) is 13.9. The molecule has 196 valence electrons. The molecule has 0 unspecified atom stereocenters. The van der Waals surface area contributed by atoms with Crippen molar-refractivity contribution in [1.82, 2.24) is 29.6 Å². The lowest BCUT2D eigenvalue weighted by Gasteiger charge is -2.34. The van der Waals surface area contributed by atoms with Crippen LogP contribution in [0.2, 0.25) is 0 Å². The molecule has 0 spiro atoms. The summed E-state index contributed by atoms with van der Waals surface area (Å²) in [6, 6.07) is 10.8. The van der Waals surface area contributed by atoms with Gasteiger partial charge in [-0.25, -0.2) is 4.98 Å². The molecule has 1 amide bonds. The quantitative estimate of drug-likeness (QED) is 0.389. The van der Waals surface area contributed by atoms with E-state index in [0.717, 1.165) is 46.4 Å². The van der Waals surface area contributed by atoms with Crippen molar-refractivity contribution in [2.24, 2.45) is 11.8 Å². The van der Waals surface area contributed by atoms with Crippen molar-refractivity contribution in [2.75, 3.05) is 36.4 Å². The Morgan fingerprint density at radius 3 is 2.42 bits per heavy atom. The van der Waals surface area contributed by atoms with Crippen LogP contribution in [-0.2, 0) is 4.79 Å². The van der Waals surface area contributed by atoms with Gasteiger partial charge in [0.25, 0.3) is 0 Å². The van der Waals surface area contributed by atoms with E-state index in [0.29, 0.717) is 36.9 Å². The lowest BCUT2D eigenvalue weighted by atomic mass is 10.1. The van der Waals surface area contributed by atoms with Gasteiger partial charge in [-0.15, -0.1) is 0 Å². The van der Waals surface area contributed by atoms with Crippen LogP contribution in [0.5, 0.6) is 0 Å². The van der Waals surface area contributed by atoms with Gasteiger partial charge in [0.2, 0.25) is 11.9 Å². The van der Waals surface area contributed by atoms with Crippen molar-refractivity contribution in [3.05, 3.63) is 48.3 Å². The highest BCUT2D eigenvalue weighted by Crippen LogP contribution is 2.52. The number of hydrogen-bond acceptors (Lipinski definition) is 7. The molecule has 2 aliphatic carbocycles. The van der Waals surface area contributed by atoms with Crippen molar-refractivity contribution in [2.45, 2.75) is 51.6 Å². The highest BCUT2D eigenvalue weighted by Gasteiger charge is 2.44. The van der Waals surface area contributed by atoms with Crippen LogP contribution < -0.4 is 10.2 Å². The molecule has 1 saturated heterocycles. The summed E-state index contributed by atoms with van der Waals surface area (Å²) in [6.07, 6.45) is 8.99. The third-order valence-corrected chi connectivity index (χ3v) is 8.40. The van der Waals surface area contributed by atoms with Gasteiger partial charge in [-0.05, 0) is 62.1 Å². The largest absolute Gasteiger partial charge is 0.362 e. The summed E-state index contributed by atoms with van der Waals surface area (Å²) >= 11 is 0. The second-order valence-electron chi connectivity index (χ2n) is 11.2. The van der Waals surface area contributed by atoms with Crippen LogP contribution >= 0.6 is 0 Å². The van der Waals surface area contributed by atoms with Crippen molar-refractivity contribution in [3.63, 3.8) is 0 Å². The molecule has 0 radical (unpaired) electrons. The summed E-state index contributed by atoms with van der Waals surface area (Å²) in [7, 11) is 0. The normalized spacial score (nSPS) is 18.9. The number of pyridine rings is 1. The van der Waals surface area contributed by atoms with Gasteiger partial charge in [-0.1, -0.05) is 18.2 Å². The maximum absolute atomic E-state index is 11.8. The molecule has 0 bridgehead atoms. The van der Waals surface area contributed by atoms with Gasteiger partial charge in [-0.3, -0.25) is 14.5 Å². The van der Waals surface area contributed by atoms with Gasteiger partial charge in [0.05, 0.1) is 23.8 Å². The van der Waals surface area contributed by atoms with Gasteiger partial charge in [0, 0.05) is 44.7 Å². The van der Waals surface area contributed by atoms with E-state index in [1.807, 2.05) is 35.5 Å². The van der Waals surface area contributed by atoms with Crippen molar-refractivity contribution >= 4 is 39.6 Å². The lowest BCUT2D eigenvalue weighted by molar-refractivity contribution is -0.129. The number of amides is 1. The third kappa shape index (κ3) is 4.33. The van der Waals surface area contributed by atoms with Gasteiger partial charge in [-0.2, -0.15) is 10.1 Å². The number of nitrogens with zero attached hydrogens (tertiary/aromatic N) is 7. The van der Waals surface area contributed by atoms with E-state index in [2.05, 4.69) is 38.9 Å². The Morgan fingerprint density at radius 1 is 0.974 bits per heavy atom. The van der Waals surface area contributed by atoms with Gasteiger partial charge in [0.15, 0.2) is 5.82 Å². The van der Waals surface area contributed by atoms with Crippen LogP contribution in [0.25, 0.3) is 21.9 Å². The van der Waals surface area contributed by atoms with E-state index < -0.39 is 0 Å². The maximum Gasteiger partial charge on any atom is 0.228 e. The fourth-order valence-electron chi connectivity index (χ4n) is 5.91. The topological polar surface area (TPSA) is 92.1 Å². The molecule has 1 aromatic carbocycles. The second kappa shape index (κ2) is 9.22. The molecule has 38 heavy (non-hydrogen) atoms. The zero-order valence-corrected chi connectivity index (χ0v) is 22.0. The van der Waals surface area contributed by atoms with E-state index in [9.17, 15) is 4.79 Å². The number of anilines is 2. The Balaban J connectivity index is 1.26. The minimum atomic E-state index is -0.00346. The second-order valence-corrected chi connectivity index (χ2v) is 11.2. The van der Waals surface area contributed by atoms with Gasteiger partial charge >= 0.3 is 0 Å². The Kier molecular flexibility index (Phi) is 5.67. The van der Waals surface area contributed by atoms with E-state index in [-0.39, 0.29) is 11.9 Å². The molecular formula is C29H34N8O. The van der Waals surface area contributed by atoms with E-state index in [1.165, 1.54) is 25.7 Å². The fraction of sp³-hybridized carbons (Fsp3) is 0.483. The number of hydrogen-bond donors (Lipinski definition) is 1. The molecule has 7 rings (SSSR count). The molecule has 4 aromatic rings. The molecule has 1 aliphatic heterocycles. The molecular weight excluding hydrogens is 476 g/mol. The first-order chi connectivity index (χ1) is 18.5. The molecule has 3 fully saturated rings. The molecule has 4 heterocycles. The Labute approximate surface area is 222 Å². The standard InChI is InChI=1S/C29H34N8O/c1-18(23-15-22-5-3-4-6-24(22)30-16-23)32-28-27-25(17-31-37(27)26(20-7-8-20)21-9-10-21)33-29(34-28)36-13-11-35(12-14-36)19(2)38/h3-6,15-18,20-21,26H,7-14H2,1-2H3,(H,32,33,34)/t18-/m1/s1. The summed E-state index contributed by atoms with van der Waals surface area (Å²) in [5, 5.41) is 9.77. The number of fused-ring (bicyclic) bond motifs is 2. The van der Waals surface area contributed by atoms with E-state index >= 15 is 0 Å². The molecule has 9 nitrogen and oxygen atoms in total. The molecule has 1 atom stereocenters. The predicted octanol–water partition coefficient (Wildman–Crippen LogP) is 4.58. The number of carbonyl (C=O) groups is 1. The first kappa shape index (κ1) is 23.4. The Bertz CT molecular complexity index is 1490. The zero-order valence-electron chi connectivity index (χ0n) is 22.0. The van der Waals surface area contributed by atoms with Crippen LogP contribution in [0.3, 0.4) is 0 Å². The van der Waals surface area contributed by atoms with Gasteiger partial charge in [0.1, 0.15) is 11.0 Å². The summed E-state index contributed by atoms with van der Waals surface area (Å²) in [6.45, 7) is 6.59. The Morgan fingerprint density at radius 2 is 1.71 bits per heavy atom. The molecule has 3 aromatic heterocycles. The molecule has 1 N–H and O–H groups in total. The minimum Gasteiger partial charge on any atom is -0.362 e. The van der Waals surface area contributed by atoms with Crippen molar-refractivity contribution < 1.29 is 4.79 Å². The highest BCUT2D eigenvalue weighted by molar-refractivity contribution is 5.87. The number of benzene rings is 1. The number of piperazine rings is 1. The van der Waals surface area contributed by atoms with Gasteiger partial charge < -0.3 is 15.1 Å². The molecule has 3 aliphatic rings. The summed E-state index contributed by atoms with van der Waals surface area (Å²) < 4.78 is 2.23. The summed E-state index contributed by atoms with van der Waals surface area (Å²) in [4.78, 5) is 30.7. The third-order valence-electron chi connectivity index (χ3n) is 8.40. The predicted molar refractivity (Wildman–Crippen MR) is 148 cm³/mol. The monoisotopic (exact) mass is 510 g/mol. The smallest absolute Gasteiger partial charge is 0.228 e. The van der Waals surface area contributed by atoms with Crippen LogP contribution in [0.15, 0.2) is 42.7 Å². The highest BCUT2D eigenvalue weighted by atomic mass is 16.2. The SMILES string of the molecule is CC(=O)N1CCN(c2nc(N[C@H](C)c3cnc4ccccc4c3)c3c(cnn3C(C3CC3)C3CC3)n2)CC1. The van der Waals surface area contributed by atoms with E-state index in [4.69, 9.17) is 15.1 Å². The zero-order chi connectivity index (χ0) is 25.8. The maximum atomic E-state index is 11.8.